The fraction of sp³-hybridized carbons (Fsp3) is 0.259. The number of amides is 4. The molecule has 402 valence electrons. The summed E-state index contributed by atoms with van der Waals surface area (Å²) in [6.45, 7) is 2.52. The number of halogens is 1. The standard InChI is InChI=1S/C54H57ClN10O10S2/c1-2-3-4-5-6-7-8-9-10-13-30-74-49(28-29-66)75-52(70)36-22-27-46(55)47(31-36)59-51(69)45-34-48(43-20-11-12-21-44(43)50(45)68)76-54-61-63-64-65(54)41-18-14-16-39(32-41)57-53(71)58-40-17-15-19-42(33-40)77(72,73)62-38-25-23-37(24-26-38)60-56-35-67/h11-12,14-27,29,31-35,49,60,62,68H,2-10,13,28,30H2,1H3,(H,56,67)(H,59,69)(H2,57,58,71). The number of hydrogen-bond donors (Lipinski definition) is 7. The molecule has 1 aromatic heterocycles. The van der Waals surface area contributed by atoms with Gasteiger partial charge in [-0.1, -0.05) is 113 Å². The van der Waals surface area contributed by atoms with Crippen LogP contribution in [0.2, 0.25) is 5.02 Å². The molecule has 7 rings (SSSR count). The quantitative estimate of drug-likeness (QED) is 0.00755. The van der Waals surface area contributed by atoms with E-state index in [1.807, 2.05) is 0 Å². The number of aromatic hydroxyl groups is 1. The lowest BCUT2D eigenvalue weighted by Crippen LogP contribution is -2.23. The molecule has 4 amide bonds. The number of nitrogens with zero attached hydrogens (tertiary/aromatic N) is 4. The van der Waals surface area contributed by atoms with Gasteiger partial charge in [-0.2, -0.15) is 4.68 Å². The van der Waals surface area contributed by atoms with Crippen molar-refractivity contribution in [2.75, 3.05) is 32.7 Å². The fourth-order valence-corrected chi connectivity index (χ4v) is 10.2. The molecule has 0 fully saturated rings. The molecular weight excluding hydrogens is 1050 g/mol. The molecule has 0 radical (unpaired) electrons. The zero-order chi connectivity index (χ0) is 54.6. The second-order valence-corrected chi connectivity index (χ2v) is 20.6. The summed E-state index contributed by atoms with van der Waals surface area (Å²) >= 11 is 7.62. The van der Waals surface area contributed by atoms with Crippen molar-refractivity contribution >= 4 is 103 Å². The maximum atomic E-state index is 14.1. The number of phenolic OH excluding ortho intramolecular Hbond substituents is 1. The topological polar surface area (TPSA) is 274 Å². The summed E-state index contributed by atoms with van der Waals surface area (Å²) in [4.78, 5) is 63.0. The van der Waals surface area contributed by atoms with Crippen LogP contribution in [-0.2, 0) is 29.1 Å². The van der Waals surface area contributed by atoms with Crippen LogP contribution in [0.1, 0.15) is 98.3 Å². The molecule has 0 aliphatic heterocycles. The second kappa shape index (κ2) is 28.2. The molecule has 0 aliphatic rings. The third-order valence-corrected chi connectivity index (χ3v) is 14.5. The summed E-state index contributed by atoms with van der Waals surface area (Å²) in [6, 6.07) is 30.3. The first-order chi connectivity index (χ1) is 37.3. The Hall–Kier alpha value is -8.05. The van der Waals surface area contributed by atoms with Crippen molar-refractivity contribution < 1.29 is 47.0 Å². The molecule has 0 aliphatic carbocycles. The van der Waals surface area contributed by atoms with Gasteiger partial charge in [0.05, 0.1) is 51.1 Å². The molecule has 0 bridgehead atoms. The van der Waals surface area contributed by atoms with Gasteiger partial charge in [-0.15, -0.1) is 5.10 Å². The number of phenols is 1. The number of nitrogens with one attached hydrogen (secondary N) is 6. The largest absolute Gasteiger partial charge is 0.506 e. The average molecular weight is 1110 g/mol. The summed E-state index contributed by atoms with van der Waals surface area (Å²) in [5.74, 6) is -1.87. The van der Waals surface area contributed by atoms with Gasteiger partial charge < -0.3 is 35.3 Å². The highest BCUT2D eigenvalue weighted by Gasteiger charge is 2.23. The van der Waals surface area contributed by atoms with E-state index in [0.717, 1.165) is 37.4 Å². The highest BCUT2D eigenvalue weighted by molar-refractivity contribution is 7.99. The lowest BCUT2D eigenvalue weighted by atomic mass is 10.0. The van der Waals surface area contributed by atoms with Crippen LogP contribution >= 0.6 is 23.4 Å². The van der Waals surface area contributed by atoms with Gasteiger partial charge in [0.15, 0.2) is 0 Å². The monoisotopic (exact) mass is 1100 g/mol. The molecule has 0 saturated heterocycles. The molecule has 7 N–H and O–H groups in total. The Bertz CT molecular complexity index is 3290. The van der Waals surface area contributed by atoms with Crippen LogP contribution < -0.4 is 31.5 Å². The zero-order valence-electron chi connectivity index (χ0n) is 41.9. The normalized spacial score (nSPS) is 11.6. The molecular formula is C54H57ClN10O10S2. The molecule has 77 heavy (non-hydrogen) atoms. The van der Waals surface area contributed by atoms with Gasteiger partial charge in [0, 0.05) is 27.3 Å². The molecule has 7 aromatic rings. The van der Waals surface area contributed by atoms with Gasteiger partial charge >= 0.3 is 12.0 Å². The van der Waals surface area contributed by atoms with Crippen LogP contribution in [0.3, 0.4) is 0 Å². The Labute approximate surface area is 454 Å². The number of sulfonamides is 1. The lowest BCUT2D eigenvalue weighted by Gasteiger charge is -2.17. The van der Waals surface area contributed by atoms with Crippen molar-refractivity contribution in [2.24, 2.45) is 0 Å². The first-order valence-electron chi connectivity index (χ1n) is 24.8. The Kier molecular flexibility index (Phi) is 20.7. The minimum atomic E-state index is -4.07. The van der Waals surface area contributed by atoms with Gasteiger partial charge in [0.1, 0.15) is 12.0 Å². The number of carbonyl (C=O) groups excluding carboxylic acids is 5. The summed E-state index contributed by atoms with van der Waals surface area (Å²) in [6.07, 6.45) is 11.3. The smallest absolute Gasteiger partial charge is 0.340 e. The van der Waals surface area contributed by atoms with E-state index >= 15 is 0 Å². The number of unbranched alkanes of at least 4 members (excludes halogenated alkanes) is 9. The number of urea groups is 1. The number of aromatic nitrogens is 4. The predicted octanol–water partition coefficient (Wildman–Crippen LogP) is 11.1. The number of fused-ring (bicyclic) bond motifs is 1. The Morgan fingerprint density at radius 1 is 0.753 bits per heavy atom. The number of hydrogen-bond acceptors (Lipinski definition) is 15. The van der Waals surface area contributed by atoms with E-state index in [9.17, 15) is 37.5 Å². The van der Waals surface area contributed by atoms with Crippen molar-refractivity contribution in [1.82, 2.24) is 25.6 Å². The summed E-state index contributed by atoms with van der Waals surface area (Å²) < 4.78 is 41.7. The highest BCUT2D eigenvalue weighted by Crippen LogP contribution is 2.40. The second-order valence-electron chi connectivity index (χ2n) is 17.5. The Morgan fingerprint density at radius 2 is 1.43 bits per heavy atom. The van der Waals surface area contributed by atoms with E-state index in [1.165, 1.54) is 104 Å². The maximum Gasteiger partial charge on any atom is 0.340 e. The zero-order valence-corrected chi connectivity index (χ0v) is 44.3. The van der Waals surface area contributed by atoms with Crippen LogP contribution in [0.4, 0.5) is 33.2 Å². The van der Waals surface area contributed by atoms with Crippen molar-refractivity contribution in [3.63, 3.8) is 0 Å². The molecule has 6 aromatic carbocycles. The summed E-state index contributed by atoms with van der Waals surface area (Å²) in [7, 11) is -4.07. The Morgan fingerprint density at radius 3 is 2.14 bits per heavy atom. The first-order valence-corrected chi connectivity index (χ1v) is 27.5. The summed E-state index contributed by atoms with van der Waals surface area (Å²) in [5, 5.41) is 33.1. The maximum absolute atomic E-state index is 14.1. The highest BCUT2D eigenvalue weighted by atomic mass is 35.5. The number of carbonyl (C=O) groups is 5. The van der Waals surface area contributed by atoms with E-state index < -0.39 is 34.2 Å². The van der Waals surface area contributed by atoms with E-state index in [0.29, 0.717) is 52.0 Å². The number of hydrazine groups is 1. The minimum Gasteiger partial charge on any atom is -0.506 e. The van der Waals surface area contributed by atoms with Gasteiger partial charge in [0.2, 0.25) is 17.9 Å². The van der Waals surface area contributed by atoms with Crippen molar-refractivity contribution in [3.05, 3.63) is 137 Å². The SMILES string of the molecule is CCCCCCCCCCCCOC(CC=O)OC(=O)c1ccc(Cl)c(NC(=O)c2cc(Sc3nnnn3-c3cccc(NC(=O)Nc4cccc(S(=O)(=O)Nc5ccc(NNC=O)cc5)c4)c3)c3ccccc3c2O)c1. The number of anilines is 5. The molecule has 0 saturated carbocycles. The molecule has 1 heterocycles. The van der Waals surface area contributed by atoms with E-state index in [2.05, 4.69) is 54.0 Å². The number of aldehydes is 1. The molecule has 1 unspecified atom stereocenters. The minimum absolute atomic E-state index is 0.0329. The van der Waals surface area contributed by atoms with Gasteiger partial charge in [-0.3, -0.25) is 25.2 Å². The van der Waals surface area contributed by atoms with Crippen LogP contribution in [0.5, 0.6) is 5.75 Å². The average Bonchev–Trinajstić information content (AvgIpc) is 3.93. The number of tetrazole rings is 1. The summed E-state index contributed by atoms with van der Waals surface area (Å²) in [5.41, 5.74) is 6.62. The van der Waals surface area contributed by atoms with Crippen LogP contribution in [0.15, 0.2) is 136 Å². The number of benzene rings is 6. The van der Waals surface area contributed by atoms with Gasteiger partial charge in [-0.05, 0) is 119 Å². The van der Waals surface area contributed by atoms with Crippen LogP contribution in [0.25, 0.3) is 16.5 Å². The van der Waals surface area contributed by atoms with Crippen molar-refractivity contribution in [1.29, 1.82) is 0 Å². The van der Waals surface area contributed by atoms with Gasteiger partial charge in [0.25, 0.3) is 15.9 Å². The van der Waals surface area contributed by atoms with Crippen LogP contribution in [-0.4, -0.2) is 77.2 Å². The first kappa shape index (κ1) is 56.7. The number of esters is 1. The molecule has 20 nitrogen and oxygen atoms in total. The molecule has 1 atom stereocenters. The third-order valence-electron chi connectivity index (χ3n) is 11.8. The molecule has 0 spiro atoms. The van der Waals surface area contributed by atoms with Crippen molar-refractivity contribution in [3.8, 4) is 11.4 Å². The van der Waals surface area contributed by atoms with E-state index in [-0.39, 0.29) is 55.4 Å². The fourth-order valence-electron chi connectivity index (χ4n) is 7.94. The van der Waals surface area contributed by atoms with Gasteiger partial charge in [-0.25, -0.2) is 18.0 Å². The van der Waals surface area contributed by atoms with Crippen molar-refractivity contribution in [2.45, 2.75) is 98.8 Å². The lowest BCUT2D eigenvalue weighted by molar-refractivity contribution is -0.130. The van der Waals surface area contributed by atoms with Crippen LogP contribution in [0, 0.1) is 0 Å². The van der Waals surface area contributed by atoms with E-state index in [1.54, 1.807) is 60.7 Å². The van der Waals surface area contributed by atoms with E-state index in [4.69, 9.17) is 21.1 Å². The molecule has 23 heteroatoms. The predicted molar refractivity (Wildman–Crippen MR) is 295 cm³/mol. The Balaban J connectivity index is 0.988. The third kappa shape index (κ3) is 16.2. The number of rotatable bonds is 29. The number of ether oxygens (including phenoxy) is 2.